The molecule has 5 heteroatoms. The lowest BCUT2D eigenvalue weighted by atomic mass is 9.96. The van der Waals surface area contributed by atoms with Crippen LogP contribution in [-0.2, 0) is 19.4 Å². The zero-order chi connectivity index (χ0) is 16.5. The molecule has 1 aromatic carbocycles. The van der Waals surface area contributed by atoms with Gasteiger partial charge in [-0.3, -0.25) is 0 Å². The van der Waals surface area contributed by atoms with Crippen molar-refractivity contribution in [1.29, 1.82) is 0 Å². The summed E-state index contributed by atoms with van der Waals surface area (Å²) in [5.41, 5.74) is 3.57. The molecule has 2 heterocycles. The van der Waals surface area contributed by atoms with E-state index in [1.807, 2.05) is 7.05 Å². The average molecular weight is 330 g/mol. The summed E-state index contributed by atoms with van der Waals surface area (Å²) in [5, 5.41) is 3.19. The summed E-state index contributed by atoms with van der Waals surface area (Å²) in [6.45, 7) is 2.03. The number of amides is 2. The molecule has 1 aromatic rings. The van der Waals surface area contributed by atoms with E-state index < -0.39 is 0 Å². The van der Waals surface area contributed by atoms with Gasteiger partial charge in [0.25, 0.3) is 0 Å². The molecule has 5 nitrogen and oxygen atoms in total. The summed E-state index contributed by atoms with van der Waals surface area (Å²) < 4.78 is 11.6. The van der Waals surface area contributed by atoms with Crippen molar-refractivity contribution in [2.45, 2.75) is 57.5 Å². The number of hydrogen-bond acceptors (Lipinski definition) is 3. The predicted octanol–water partition coefficient (Wildman–Crippen LogP) is 3.03. The molecule has 3 aliphatic rings. The molecular weight excluding hydrogens is 304 g/mol. The van der Waals surface area contributed by atoms with Crippen LogP contribution in [0.3, 0.4) is 0 Å². The lowest BCUT2D eigenvalue weighted by molar-refractivity contribution is 0.198. The Labute approximate surface area is 143 Å². The maximum Gasteiger partial charge on any atom is 0.317 e. The number of nitrogens with one attached hydrogen (secondary N) is 1. The van der Waals surface area contributed by atoms with Gasteiger partial charge in [-0.25, -0.2) is 4.79 Å². The summed E-state index contributed by atoms with van der Waals surface area (Å²) in [7, 11) is 1.87. The van der Waals surface area contributed by atoms with E-state index in [2.05, 4.69) is 11.4 Å². The zero-order valence-electron chi connectivity index (χ0n) is 14.4. The fraction of sp³-hybridized carbons (Fsp3) is 0.632. The van der Waals surface area contributed by atoms with Crippen LogP contribution in [0.5, 0.6) is 11.5 Å². The molecule has 130 valence electrons. The molecule has 0 atom stereocenters. The Balaban J connectivity index is 1.49. The fourth-order valence-corrected chi connectivity index (χ4v) is 4.09. The summed E-state index contributed by atoms with van der Waals surface area (Å²) in [5.74, 6) is 1.96. The van der Waals surface area contributed by atoms with Crippen LogP contribution >= 0.6 is 0 Å². The minimum absolute atomic E-state index is 0.0187. The van der Waals surface area contributed by atoms with Gasteiger partial charge in [-0.05, 0) is 18.9 Å². The van der Waals surface area contributed by atoms with Gasteiger partial charge in [-0.2, -0.15) is 0 Å². The van der Waals surface area contributed by atoms with E-state index in [0.717, 1.165) is 56.0 Å². The maximum absolute atomic E-state index is 12.6. The van der Waals surface area contributed by atoms with Gasteiger partial charge in [0, 0.05) is 42.6 Å². The highest BCUT2D eigenvalue weighted by molar-refractivity contribution is 5.74. The van der Waals surface area contributed by atoms with Gasteiger partial charge in [0.15, 0.2) is 0 Å². The van der Waals surface area contributed by atoms with Gasteiger partial charge >= 0.3 is 6.03 Å². The second kappa shape index (κ2) is 6.54. The molecule has 1 fully saturated rings. The van der Waals surface area contributed by atoms with Crippen LogP contribution in [0.25, 0.3) is 0 Å². The molecule has 1 N–H and O–H groups in total. The number of hydrogen-bond donors (Lipinski definition) is 1. The Hall–Kier alpha value is -1.91. The van der Waals surface area contributed by atoms with E-state index in [9.17, 15) is 4.79 Å². The number of urea groups is 1. The van der Waals surface area contributed by atoms with Gasteiger partial charge in [0.05, 0.1) is 19.8 Å². The van der Waals surface area contributed by atoms with Crippen LogP contribution < -0.4 is 14.8 Å². The summed E-state index contributed by atoms with van der Waals surface area (Å²) in [4.78, 5) is 14.3. The number of carbonyl (C=O) groups excluding carboxylic acids is 1. The fourth-order valence-electron chi connectivity index (χ4n) is 4.09. The molecule has 0 bridgehead atoms. The lowest BCUT2D eigenvalue weighted by Crippen LogP contribution is -2.43. The molecule has 0 spiro atoms. The maximum atomic E-state index is 12.6. The van der Waals surface area contributed by atoms with E-state index in [1.165, 1.54) is 30.4 Å². The first kappa shape index (κ1) is 15.6. The second-order valence-electron chi connectivity index (χ2n) is 7.16. The Morgan fingerprint density at radius 2 is 2.00 bits per heavy atom. The summed E-state index contributed by atoms with van der Waals surface area (Å²) in [6, 6.07) is 2.47. The Bertz CT molecular complexity index is 606. The molecular formula is C19H26N2O3. The highest BCUT2D eigenvalue weighted by Gasteiger charge is 2.28. The Morgan fingerprint density at radius 3 is 2.83 bits per heavy atom. The number of ether oxygens (including phenoxy) is 2. The minimum Gasteiger partial charge on any atom is -0.493 e. The van der Waals surface area contributed by atoms with Crippen LogP contribution in [0, 0.1) is 0 Å². The quantitative estimate of drug-likeness (QED) is 0.927. The third kappa shape index (κ3) is 2.92. The molecule has 1 aliphatic carbocycles. The van der Waals surface area contributed by atoms with Crippen LogP contribution in [0.1, 0.15) is 48.8 Å². The van der Waals surface area contributed by atoms with Crippen molar-refractivity contribution in [2.24, 2.45) is 0 Å². The largest absolute Gasteiger partial charge is 0.493 e. The van der Waals surface area contributed by atoms with Crippen molar-refractivity contribution < 1.29 is 14.3 Å². The molecule has 0 saturated heterocycles. The molecule has 0 unspecified atom stereocenters. The third-order valence-electron chi connectivity index (χ3n) is 5.43. The Morgan fingerprint density at radius 1 is 1.21 bits per heavy atom. The normalized spacial score (nSPS) is 19.2. The van der Waals surface area contributed by atoms with Crippen LogP contribution in [-0.4, -0.2) is 37.2 Å². The van der Waals surface area contributed by atoms with Gasteiger partial charge in [0.2, 0.25) is 0 Å². The smallest absolute Gasteiger partial charge is 0.317 e. The molecule has 0 aromatic heterocycles. The van der Waals surface area contributed by atoms with Crippen LogP contribution in [0.2, 0.25) is 0 Å². The Kier molecular flexibility index (Phi) is 4.25. The standard InChI is InChI=1S/C19H26N2O3/c1-21(19(22)20-14-5-3-2-4-6-14)12-16-15-8-10-23-17(15)11-13-7-9-24-18(13)16/h11,14H,2-10,12H2,1H3,(H,20,22). The minimum atomic E-state index is 0.0187. The average Bonchev–Trinajstić information content (AvgIpc) is 3.24. The SMILES string of the molecule is CN(Cc1c2c(cc3c1OCC3)OCC2)C(=O)NC1CCCCC1. The molecule has 1 saturated carbocycles. The van der Waals surface area contributed by atoms with E-state index in [1.54, 1.807) is 4.90 Å². The van der Waals surface area contributed by atoms with E-state index >= 15 is 0 Å². The van der Waals surface area contributed by atoms with Gasteiger partial charge < -0.3 is 19.7 Å². The van der Waals surface area contributed by atoms with Gasteiger partial charge in [-0.15, -0.1) is 0 Å². The summed E-state index contributed by atoms with van der Waals surface area (Å²) >= 11 is 0. The van der Waals surface area contributed by atoms with Crippen molar-refractivity contribution >= 4 is 6.03 Å². The van der Waals surface area contributed by atoms with Crippen LogP contribution in [0.15, 0.2) is 6.07 Å². The molecule has 24 heavy (non-hydrogen) atoms. The van der Waals surface area contributed by atoms with Crippen molar-refractivity contribution in [1.82, 2.24) is 10.2 Å². The molecule has 2 amide bonds. The lowest BCUT2D eigenvalue weighted by Gasteiger charge is -2.27. The predicted molar refractivity (Wildman–Crippen MR) is 91.7 cm³/mol. The first-order chi connectivity index (χ1) is 11.7. The van der Waals surface area contributed by atoms with Gasteiger partial charge in [-0.1, -0.05) is 19.3 Å². The van der Waals surface area contributed by atoms with Crippen molar-refractivity contribution in [3.63, 3.8) is 0 Å². The third-order valence-corrected chi connectivity index (χ3v) is 5.43. The number of fused-ring (bicyclic) bond motifs is 2. The summed E-state index contributed by atoms with van der Waals surface area (Å²) in [6.07, 6.45) is 7.77. The first-order valence-electron chi connectivity index (χ1n) is 9.17. The highest BCUT2D eigenvalue weighted by Crippen LogP contribution is 2.41. The number of nitrogens with zero attached hydrogens (tertiary/aromatic N) is 1. The number of benzene rings is 1. The molecule has 2 aliphatic heterocycles. The van der Waals surface area contributed by atoms with Crippen molar-refractivity contribution in [3.8, 4) is 11.5 Å². The number of carbonyl (C=O) groups is 1. The van der Waals surface area contributed by atoms with Gasteiger partial charge in [0.1, 0.15) is 11.5 Å². The monoisotopic (exact) mass is 330 g/mol. The van der Waals surface area contributed by atoms with Crippen molar-refractivity contribution in [2.75, 3.05) is 20.3 Å². The zero-order valence-corrected chi connectivity index (χ0v) is 14.4. The number of rotatable bonds is 3. The second-order valence-corrected chi connectivity index (χ2v) is 7.16. The highest BCUT2D eigenvalue weighted by atomic mass is 16.5. The van der Waals surface area contributed by atoms with E-state index in [-0.39, 0.29) is 6.03 Å². The van der Waals surface area contributed by atoms with E-state index in [4.69, 9.17) is 9.47 Å². The first-order valence-corrected chi connectivity index (χ1v) is 9.17. The van der Waals surface area contributed by atoms with E-state index in [0.29, 0.717) is 12.6 Å². The van der Waals surface area contributed by atoms with Crippen molar-refractivity contribution in [3.05, 3.63) is 22.8 Å². The molecule has 4 rings (SSSR count). The molecule has 0 radical (unpaired) electrons. The topological polar surface area (TPSA) is 50.8 Å². The van der Waals surface area contributed by atoms with Crippen LogP contribution in [0.4, 0.5) is 4.79 Å².